The van der Waals surface area contributed by atoms with Crippen LogP contribution in [0.25, 0.3) is 1.43 Å². The van der Waals surface area contributed by atoms with Gasteiger partial charge in [-0.15, -0.1) is 0 Å². The second-order valence-electron chi connectivity index (χ2n) is 0.575. The maximum Gasteiger partial charge on any atom is 0.229 e. The zero-order valence-electron chi connectivity index (χ0n) is 3.72. The molecule has 0 radical (unpaired) electrons. The van der Waals surface area contributed by atoms with Gasteiger partial charge in [-0.25, -0.2) is 0 Å². The molecule has 1 N–H and O–H groups in total. The highest BCUT2D eigenvalue weighted by atomic mass is 32.2. The third kappa shape index (κ3) is 3.98. The highest BCUT2D eigenvalue weighted by molar-refractivity contribution is 8.08. The molecule has 0 aromatic carbocycles. The van der Waals surface area contributed by atoms with Gasteiger partial charge in [0.2, 0.25) is 6.55 Å². The van der Waals surface area contributed by atoms with Gasteiger partial charge in [0.15, 0.2) is 0 Å². The van der Waals surface area contributed by atoms with E-state index in [1.807, 2.05) is 0 Å². The minimum Gasteiger partial charge on any atom is -0.323 e. The lowest BCUT2D eigenvalue weighted by atomic mass is 10.9. The lowest BCUT2D eigenvalue weighted by molar-refractivity contribution is -0.109. The summed E-state index contributed by atoms with van der Waals surface area (Å²) >= 11 is 0.514. The molecule has 0 spiro atoms. The number of hydrogen-bond donors (Lipinski definition) is 1. The van der Waals surface area contributed by atoms with Crippen molar-refractivity contribution in [2.24, 2.45) is 0 Å². The van der Waals surface area contributed by atoms with E-state index >= 15 is 0 Å². The largest absolute Gasteiger partial charge is 0.323 e. The van der Waals surface area contributed by atoms with Crippen LogP contribution in [0, 0.1) is 0 Å². The van der Waals surface area contributed by atoms with Crippen LogP contribution in [0.15, 0.2) is 0 Å². The summed E-state index contributed by atoms with van der Waals surface area (Å²) in [6.45, 7) is 1.33. The van der Waals surface area contributed by atoms with E-state index in [2.05, 4.69) is 4.56 Å². The summed E-state index contributed by atoms with van der Waals surface area (Å²) < 4.78 is 9.60. The standard InChI is InChI=1S/C2H4O2S/c1-2(3)5-4/h4H,1H3/i/hD. The molecule has 0 aromatic rings. The summed E-state index contributed by atoms with van der Waals surface area (Å²) in [4.78, 5) is 9.76. The van der Waals surface area contributed by atoms with Crippen LogP contribution in [-0.4, -0.2) is 9.67 Å². The summed E-state index contributed by atoms with van der Waals surface area (Å²) in [6, 6.07) is 0. The Morgan fingerprint density at radius 2 is 3.00 bits per heavy atom. The highest BCUT2D eigenvalue weighted by Gasteiger charge is 1.80. The van der Waals surface area contributed by atoms with Gasteiger partial charge in [0.25, 0.3) is 0 Å². The number of carbonyl (C=O) groups excluding carboxylic acids is 1. The Kier molecular flexibility index (Phi) is 1.42. The molecule has 0 aromatic heterocycles. The van der Waals surface area contributed by atoms with Crippen LogP contribution in [-0.2, 0) is 4.79 Å². The Hall–Kier alpha value is -0.0200. The average molecular weight is 93.1 g/mol. The van der Waals surface area contributed by atoms with Crippen molar-refractivity contribution in [1.82, 2.24) is 0 Å². The molecule has 0 aliphatic carbocycles. The first kappa shape index (κ1) is 3.18. The quantitative estimate of drug-likeness (QED) is 0.486. The van der Waals surface area contributed by atoms with Gasteiger partial charge in [0, 0.05) is 6.92 Å². The summed E-state index contributed by atoms with van der Waals surface area (Å²) in [6.07, 6.45) is 0. The molecule has 0 unspecified atom stereocenters. The maximum absolute atomic E-state index is 9.76. The van der Waals surface area contributed by atoms with E-state index in [-0.39, 0.29) is 5.12 Å². The lowest BCUT2D eigenvalue weighted by Gasteiger charge is -1.70. The lowest BCUT2D eigenvalue weighted by Crippen LogP contribution is -1.73. The van der Waals surface area contributed by atoms with Crippen molar-refractivity contribution in [3.8, 4) is 0 Å². The Morgan fingerprint density at radius 1 is 2.40 bits per heavy atom. The van der Waals surface area contributed by atoms with Gasteiger partial charge >= 0.3 is 0 Å². The van der Waals surface area contributed by atoms with Crippen molar-refractivity contribution in [3.05, 3.63) is 0 Å². The Labute approximate surface area is 35.9 Å². The van der Waals surface area contributed by atoms with Gasteiger partial charge in [-0.3, -0.25) is 4.79 Å². The third-order valence-corrected chi connectivity index (χ3v) is 0.352. The summed E-state index contributed by atoms with van der Waals surface area (Å²) in [5, 5.41) is -0.204. The minimum atomic E-state index is -0.204. The molecule has 2 nitrogen and oxygen atoms in total. The molecule has 0 atom stereocenters. The predicted octanol–water partition coefficient (Wildman–Crippen LogP) is 0.739. The van der Waals surface area contributed by atoms with Crippen LogP contribution in [0.1, 0.15) is 6.92 Å². The van der Waals surface area contributed by atoms with Gasteiger partial charge in [-0.2, -0.15) is 0 Å². The molecule has 5 heavy (non-hydrogen) atoms. The first-order valence-corrected chi connectivity index (χ1v) is 1.82. The topological polar surface area (TPSA) is 37.3 Å². The molecular weight excluding hydrogens is 88.1 g/mol. The third-order valence-electron chi connectivity index (χ3n) is 0.117. The van der Waals surface area contributed by atoms with E-state index in [0.29, 0.717) is 12.0 Å². The number of rotatable bonds is 1. The monoisotopic (exact) mass is 93.0 g/mol. The molecule has 0 saturated carbocycles. The smallest absolute Gasteiger partial charge is 0.229 e. The maximum atomic E-state index is 9.76. The van der Waals surface area contributed by atoms with E-state index in [9.17, 15) is 4.79 Å². The van der Waals surface area contributed by atoms with Gasteiger partial charge < -0.3 is 4.56 Å². The van der Waals surface area contributed by atoms with Gasteiger partial charge in [-0.1, -0.05) is 0 Å². The zero-order valence-corrected chi connectivity index (χ0v) is 3.54. The van der Waals surface area contributed by atoms with Gasteiger partial charge in [-0.05, 0) is 0 Å². The van der Waals surface area contributed by atoms with Crippen molar-refractivity contribution < 1.29 is 9.35 Å². The van der Waals surface area contributed by atoms with Gasteiger partial charge in [0.1, 0.15) is 0 Å². The second-order valence-corrected chi connectivity index (χ2v) is 1.32. The number of hydrogen-bond acceptors (Lipinski definition) is 3. The van der Waals surface area contributed by atoms with Crippen LogP contribution in [0.3, 0.4) is 0 Å². The van der Waals surface area contributed by atoms with Crippen LogP contribution < -0.4 is 0 Å². The first-order chi connectivity index (χ1) is 2.77. The fraction of sp³-hybridized carbons (Fsp3) is 0.500. The molecule has 0 bridgehead atoms. The molecule has 0 saturated heterocycles. The van der Waals surface area contributed by atoms with E-state index in [1.54, 1.807) is 0 Å². The van der Waals surface area contributed by atoms with Crippen molar-refractivity contribution in [3.63, 3.8) is 0 Å². The molecule has 3 heteroatoms. The predicted molar refractivity (Wildman–Crippen MR) is 20.9 cm³/mol. The van der Waals surface area contributed by atoms with E-state index in [4.69, 9.17) is 1.43 Å². The molecule has 0 fully saturated rings. The molecular formula is C2H4O2S. The Balaban J connectivity index is 2.83. The molecule has 0 heterocycles. The fourth-order valence-corrected chi connectivity index (χ4v) is 0. The molecule has 0 aliphatic heterocycles. The van der Waals surface area contributed by atoms with Crippen LogP contribution in [0.2, 0.25) is 0 Å². The molecule has 0 rings (SSSR count). The Morgan fingerprint density at radius 3 is 3.00 bits per heavy atom. The van der Waals surface area contributed by atoms with Crippen LogP contribution in [0.4, 0.5) is 0 Å². The average Bonchev–Trinajstić information content (AvgIpc) is 1.35. The second kappa shape index (κ2) is 2.23. The van der Waals surface area contributed by atoms with E-state index in [1.165, 1.54) is 6.92 Å². The van der Waals surface area contributed by atoms with Crippen LogP contribution >= 0.6 is 12.0 Å². The van der Waals surface area contributed by atoms with Crippen molar-refractivity contribution in [2.45, 2.75) is 6.92 Å². The van der Waals surface area contributed by atoms with Crippen LogP contribution in [0.5, 0.6) is 0 Å². The highest BCUT2D eigenvalue weighted by Crippen LogP contribution is 1.87. The molecule has 0 amide bonds. The summed E-state index contributed by atoms with van der Waals surface area (Å²) in [5.41, 5.74) is 0. The van der Waals surface area contributed by atoms with Crippen molar-refractivity contribution in [2.75, 3.05) is 0 Å². The SMILES string of the molecule is [2H]OSC(C)=O. The molecule has 0 aliphatic rings. The Bertz CT molecular complexity index is 55.5. The van der Waals surface area contributed by atoms with Crippen molar-refractivity contribution >= 4 is 17.2 Å². The summed E-state index contributed by atoms with van der Waals surface area (Å²) in [5.74, 6) is 0. The van der Waals surface area contributed by atoms with Gasteiger partial charge in [0.05, 0.1) is 12.0 Å². The molecule has 30 valence electrons. The summed E-state index contributed by atoms with van der Waals surface area (Å²) in [7, 11) is 0. The zero-order chi connectivity index (χ0) is 4.99. The van der Waals surface area contributed by atoms with E-state index in [0.717, 1.165) is 0 Å². The normalized spacial score (nSPS) is 10.2. The number of carbonyl (C=O) groups is 1. The fourth-order valence-electron chi connectivity index (χ4n) is 0. The van der Waals surface area contributed by atoms with Crippen molar-refractivity contribution in [1.29, 1.82) is 1.43 Å². The first-order valence-electron chi connectivity index (χ1n) is 1.48. The van der Waals surface area contributed by atoms with E-state index < -0.39 is 0 Å². The minimum absolute atomic E-state index is 0.204.